The fourth-order valence-corrected chi connectivity index (χ4v) is 4.62. The number of nitro benzene ring substituents is 1. The molecule has 1 aromatic rings. The summed E-state index contributed by atoms with van der Waals surface area (Å²) in [6.45, 7) is 3.90. The van der Waals surface area contributed by atoms with Crippen molar-refractivity contribution in [2.24, 2.45) is 0 Å². The van der Waals surface area contributed by atoms with Gasteiger partial charge in [0.05, 0.1) is 9.82 Å². The van der Waals surface area contributed by atoms with Crippen molar-refractivity contribution in [3.8, 4) is 0 Å². The fourth-order valence-electron chi connectivity index (χ4n) is 2.69. The van der Waals surface area contributed by atoms with Crippen LogP contribution in [-0.2, 0) is 10.0 Å². The van der Waals surface area contributed by atoms with Gasteiger partial charge < -0.3 is 5.73 Å². The quantitative estimate of drug-likeness (QED) is 0.522. The standard InChI is InChI=1S/C13H19N3O4S/c1-9-7-11(14)12(16(17)18)8-13(9)21(19,20)15-6-4-3-5-10(15)2/h7-8,10H,3-6,14H2,1-2H3. The van der Waals surface area contributed by atoms with Gasteiger partial charge in [-0.05, 0) is 38.3 Å². The molecule has 0 spiro atoms. The maximum absolute atomic E-state index is 12.8. The van der Waals surface area contributed by atoms with Crippen molar-refractivity contribution in [3.63, 3.8) is 0 Å². The van der Waals surface area contributed by atoms with Gasteiger partial charge in [0.1, 0.15) is 5.69 Å². The third-order valence-corrected chi connectivity index (χ3v) is 6.01. The van der Waals surface area contributed by atoms with Crippen LogP contribution in [0.1, 0.15) is 31.7 Å². The lowest BCUT2D eigenvalue weighted by Crippen LogP contribution is -2.42. The van der Waals surface area contributed by atoms with Crippen LogP contribution < -0.4 is 5.73 Å². The average molecular weight is 313 g/mol. The molecule has 8 heteroatoms. The van der Waals surface area contributed by atoms with Gasteiger partial charge in [0.2, 0.25) is 10.0 Å². The molecule has 0 bridgehead atoms. The molecule has 1 heterocycles. The van der Waals surface area contributed by atoms with Crippen LogP contribution in [0.5, 0.6) is 0 Å². The maximum atomic E-state index is 12.8. The molecular weight excluding hydrogens is 294 g/mol. The number of piperidine rings is 1. The second-order valence-electron chi connectivity index (χ2n) is 5.39. The number of hydrogen-bond donors (Lipinski definition) is 1. The molecule has 2 N–H and O–H groups in total. The largest absolute Gasteiger partial charge is 0.393 e. The average Bonchev–Trinajstić information content (AvgIpc) is 2.38. The highest BCUT2D eigenvalue weighted by molar-refractivity contribution is 7.89. The maximum Gasteiger partial charge on any atom is 0.293 e. The first-order valence-corrected chi connectivity index (χ1v) is 8.25. The highest BCUT2D eigenvalue weighted by Gasteiger charge is 2.33. The molecule has 1 aromatic carbocycles. The number of benzene rings is 1. The minimum Gasteiger partial charge on any atom is -0.393 e. The Kier molecular flexibility index (Phi) is 4.20. The first kappa shape index (κ1) is 15.7. The molecule has 2 rings (SSSR count). The van der Waals surface area contributed by atoms with Gasteiger partial charge in [0.25, 0.3) is 5.69 Å². The van der Waals surface area contributed by atoms with E-state index in [0.29, 0.717) is 12.1 Å². The monoisotopic (exact) mass is 313 g/mol. The predicted molar refractivity (Wildman–Crippen MR) is 79.5 cm³/mol. The second-order valence-corrected chi connectivity index (χ2v) is 7.25. The number of nitrogens with two attached hydrogens (primary N) is 1. The molecule has 1 saturated heterocycles. The van der Waals surface area contributed by atoms with E-state index < -0.39 is 14.9 Å². The van der Waals surface area contributed by atoms with Gasteiger partial charge in [0.15, 0.2) is 0 Å². The van der Waals surface area contributed by atoms with Gasteiger partial charge >= 0.3 is 0 Å². The summed E-state index contributed by atoms with van der Waals surface area (Å²) in [5, 5.41) is 11.0. The molecule has 1 unspecified atom stereocenters. The Labute approximate surface area is 123 Å². The molecule has 0 amide bonds. The van der Waals surface area contributed by atoms with Crippen molar-refractivity contribution in [1.82, 2.24) is 4.31 Å². The summed E-state index contributed by atoms with van der Waals surface area (Å²) in [6.07, 6.45) is 2.60. The van der Waals surface area contributed by atoms with E-state index in [4.69, 9.17) is 5.73 Å². The number of aryl methyl sites for hydroxylation is 1. The Morgan fingerprint density at radius 2 is 2.05 bits per heavy atom. The third kappa shape index (κ3) is 2.86. The van der Waals surface area contributed by atoms with Gasteiger partial charge in [-0.15, -0.1) is 0 Å². The van der Waals surface area contributed by atoms with E-state index in [1.165, 1.54) is 10.4 Å². The molecule has 1 aliphatic heterocycles. The van der Waals surface area contributed by atoms with E-state index in [0.717, 1.165) is 25.3 Å². The summed E-state index contributed by atoms with van der Waals surface area (Å²) >= 11 is 0. The highest BCUT2D eigenvalue weighted by atomic mass is 32.2. The van der Waals surface area contributed by atoms with E-state index in [-0.39, 0.29) is 22.3 Å². The molecule has 21 heavy (non-hydrogen) atoms. The summed E-state index contributed by atoms with van der Waals surface area (Å²) < 4.78 is 27.0. The summed E-state index contributed by atoms with van der Waals surface area (Å²) in [4.78, 5) is 10.3. The number of nitro groups is 1. The van der Waals surface area contributed by atoms with Gasteiger partial charge in [-0.3, -0.25) is 10.1 Å². The van der Waals surface area contributed by atoms with Crippen molar-refractivity contribution in [2.45, 2.75) is 44.0 Å². The molecule has 0 radical (unpaired) electrons. The normalized spacial score (nSPS) is 20.4. The van der Waals surface area contributed by atoms with Crippen molar-refractivity contribution in [3.05, 3.63) is 27.8 Å². The van der Waals surface area contributed by atoms with Crippen LogP contribution in [0.15, 0.2) is 17.0 Å². The minimum atomic E-state index is -3.74. The minimum absolute atomic E-state index is 0.0249. The molecule has 0 saturated carbocycles. The van der Waals surface area contributed by atoms with Crippen molar-refractivity contribution >= 4 is 21.4 Å². The molecule has 116 valence electrons. The Bertz CT molecular complexity index is 672. The molecule has 7 nitrogen and oxygen atoms in total. The number of nitrogen functional groups attached to an aromatic ring is 1. The van der Waals surface area contributed by atoms with Gasteiger partial charge in [-0.2, -0.15) is 4.31 Å². The lowest BCUT2D eigenvalue weighted by atomic mass is 10.1. The number of anilines is 1. The van der Waals surface area contributed by atoms with E-state index in [1.807, 2.05) is 6.92 Å². The molecule has 1 fully saturated rings. The van der Waals surface area contributed by atoms with Gasteiger partial charge in [0, 0.05) is 18.7 Å². The third-order valence-electron chi connectivity index (χ3n) is 3.85. The number of hydrogen-bond acceptors (Lipinski definition) is 5. The van der Waals surface area contributed by atoms with Gasteiger partial charge in [-0.25, -0.2) is 8.42 Å². The number of nitrogens with zero attached hydrogens (tertiary/aromatic N) is 2. The molecule has 0 aromatic heterocycles. The fraction of sp³-hybridized carbons (Fsp3) is 0.538. The number of sulfonamides is 1. The Balaban J connectivity index is 2.54. The first-order chi connectivity index (χ1) is 9.75. The van der Waals surface area contributed by atoms with Crippen LogP contribution in [0.25, 0.3) is 0 Å². The zero-order chi connectivity index (χ0) is 15.8. The van der Waals surface area contributed by atoms with Crippen LogP contribution in [0.3, 0.4) is 0 Å². The summed E-state index contributed by atoms with van der Waals surface area (Å²) in [7, 11) is -3.74. The van der Waals surface area contributed by atoms with Crippen molar-refractivity contribution in [1.29, 1.82) is 0 Å². The van der Waals surface area contributed by atoms with Gasteiger partial charge in [-0.1, -0.05) is 6.42 Å². The summed E-state index contributed by atoms with van der Waals surface area (Å²) in [5.41, 5.74) is 5.62. The van der Waals surface area contributed by atoms with Crippen LogP contribution in [-0.4, -0.2) is 30.2 Å². The zero-order valence-corrected chi connectivity index (χ0v) is 12.9. The van der Waals surface area contributed by atoms with Crippen molar-refractivity contribution < 1.29 is 13.3 Å². The SMILES string of the molecule is Cc1cc(N)c([N+](=O)[O-])cc1S(=O)(=O)N1CCCCC1C. The van der Waals surface area contributed by atoms with E-state index >= 15 is 0 Å². The smallest absolute Gasteiger partial charge is 0.293 e. The number of rotatable bonds is 3. The second kappa shape index (κ2) is 5.61. The lowest BCUT2D eigenvalue weighted by molar-refractivity contribution is -0.384. The van der Waals surface area contributed by atoms with E-state index in [2.05, 4.69) is 0 Å². The topological polar surface area (TPSA) is 107 Å². The predicted octanol–water partition coefficient (Wildman–Crippen LogP) is 2.05. The van der Waals surface area contributed by atoms with Crippen molar-refractivity contribution in [2.75, 3.05) is 12.3 Å². The Morgan fingerprint density at radius 1 is 1.38 bits per heavy atom. The zero-order valence-electron chi connectivity index (χ0n) is 12.1. The van der Waals surface area contributed by atoms with Crippen LogP contribution in [0, 0.1) is 17.0 Å². The Morgan fingerprint density at radius 3 is 2.62 bits per heavy atom. The lowest BCUT2D eigenvalue weighted by Gasteiger charge is -2.32. The first-order valence-electron chi connectivity index (χ1n) is 6.81. The Hall–Kier alpha value is -1.67. The summed E-state index contributed by atoms with van der Waals surface area (Å²) in [6, 6.07) is 2.32. The summed E-state index contributed by atoms with van der Waals surface area (Å²) in [5.74, 6) is 0. The van der Waals surface area contributed by atoms with E-state index in [9.17, 15) is 18.5 Å². The molecule has 1 atom stereocenters. The van der Waals surface area contributed by atoms with Crippen LogP contribution in [0.2, 0.25) is 0 Å². The molecular formula is C13H19N3O4S. The molecule has 1 aliphatic rings. The molecule has 0 aliphatic carbocycles. The highest BCUT2D eigenvalue weighted by Crippen LogP contribution is 2.32. The van der Waals surface area contributed by atoms with Crippen LogP contribution in [0.4, 0.5) is 11.4 Å². The van der Waals surface area contributed by atoms with Crippen LogP contribution >= 0.6 is 0 Å². The van der Waals surface area contributed by atoms with E-state index in [1.54, 1.807) is 6.92 Å².